The first-order chi connectivity index (χ1) is 12.3. The Balaban J connectivity index is 1.68. The molecule has 136 valence electrons. The summed E-state index contributed by atoms with van der Waals surface area (Å²) in [6.45, 7) is 6.40. The molecular formula is C22H22Cl2O2. The number of hydrogen-bond acceptors (Lipinski definition) is 2. The number of hydrogen-bond donors (Lipinski definition) is 0. The third-order valence-corrected chi connectivity index (χ3v) is 5.49. The predicted molar refractivity (Wildman–Crippen MR) is 107 cm³/mol. The summed E-state index contributed by atoms with van der Waals surface area (Å²) in [5, 5.41) is 0. The number of allylic oxidation sites excluding steroid dienone is 1. The van der Waals surface area contributed by atoms with E-state index in [4.69, 9.17) is 27.9 Å². The molecule has 0 radical (unpaired) electrons. The van der Waals surface area contributed by atoms with Gasteiger partial charge in [0.25, 0.3) is 0 Å². The lowest BCUT2D eigenvalue weighted by Crippen LogP contribution is -2.10. The van der Waals surface area contributed by atoms with E-state index in [0.717, 1.165) is 11.1 Å². The van der Waals surface area contributed by atoms with E-state index in [0.29, 0.717) is 0 Å². The highest BCUT2D eigenvalue weighted by Gasteiger charge is 2.61. The molecule has 2 aromatic rings. The summed E-state index contributed by atoms with van der Waals surface area (Å²) in [6, 6.07) is 16.3. The zero-order chi connectivity index (χ0) is 18.9. The van der Waals surface area contributed by atoms with Crippen molar-refractivity contribution < 1.29 is 9.53 Å². The summed E-state index contributed by atoms with van der Waals surface area (Å²) in [5.74, 6) is -0.375. The zero-order valence-electron chi connectivity index (χ0n) is 15.1. The average molecular weight is 389 g/mol. The predicted octanol–water partition coefficient (Wildman–Crippen LogP) is 6.30. The molecule has 1 saturated carbocycles. The molecular weight excluding hydrogens is 367 g/mol. The molecule has 0 spiro atoms. The molecule has 0 N–H and O–H groups in total. The molecule has 1 aliphatic rings. The fourth-order valence-electron chi connectivity index (χ4n) is 3.54. The van der Waals surface area contributed by atoms with Crippen LogP contribution >= 0.6 is 23.2 Å². The standard InChI is InChI=1S/C22H22Cl2O2/c1-14-7-4-5-10-17(14)16-9-6-8-15(11-16)13-26-21(25)20-18(12-19(23)24)22(20,2)3/h4-12,18,20H,13H2,1-3H3. The van der Waals surface area contributed by atoms with Gasteiger partial charge in [-0.05, 0) is 52.7 Å². The van der Waals surface area contributed by atoms with Crippen molar-refractivity contribution in [1.82, 2.24) is 0 Å². The first-order valence-electron chi connectivity index (χ1n) is 8.65. The molecule has 26 heavy (non-hydrogen) atoms. The highest BCUT2D eigenvalue weighted by Crippen LogP contribution is 2.60. The summed E-state index contributed by atoms with van der Waals surface area (Å²) in [6.07, 6.45) is 1.73. The number of aryl methyl sites for hydroxylation is 1. The molecule has 1 fully saturated rings. The van der Waals surface area contributed by atoms with Crippen molar-refractivity contribution in [3.63, 3.8) is 0 Å². The molecule has 2 aromatic carbocycles. The molecule has 2 unspecified atom stereocenters. The summed E-state index contributed by atoms with van der Waals surface area (Å²) in [7, 11) is 0. The number of carbonyl (C=O) groups excluding carboxylic acids is 1. The second-order valence-electron chi connectivity index (χ2n) is 7.40. The molecule has 0 amide bonds. The fourth-order valence-corrected chi connectivity index (χ4v) is 3.82. The number of rotatable bonds is 5. The summed E-state index contributed by atoms with van der Waals surface area (Å²) in [5.41, 5.74) is 4.33. The van der Waals surface area contributed by atoms with Crippen molar-refractivity contribution >= 4 is 29.2 Å². The highest BCUT2D eigenvalue weighted by atomic mass is 35.5. The van der Waals surface area contributed by atoms with Crippen LogP contribution in [0.1, 0.15) is 25.0 Å². The van der Waals surface area contributed by atoms with E-state index >= 15 is 0 Å². The van der Waals surface area contributed by atoms with Gasteiger partial charge in [-0.3, -0.25) is 4.79 Å². The second-order valence-corrected chi connectivity index (χ2v) is 8.41. The molecule has 0 heterocycles. The van der Waals surface area contributed by atoms with Crippen molar-refractivity contribution in [2.75, 3.05) is 0 Å². The summed E-state index contributed by atoms with van der Waals surface area (Å²) < 4.78 is 5.76. The van der Waals surface area contributed by atoms with Crippen LogP contribution in [0.25, 0.3) is 11.1 Å². The molecule has 0 aromatic heterocycles. The number of esters is 1. The van der Waals surface area contributed by atoms with Crippen LogP contribution in [0.2, 0.25) is 0 Å². The Morgan fingerprint density at radius 3 is 2.58 bits per heavy atom. The molecule has 0 saturated heterocycles. The van der Waals surface area contributed by atoms with Crippen LogP contribution in [-0.2, 0) is 16.1 Å². The molecule has 1 aliphatic carbocycles. The lowest BCUT2D eigenvalue weighted by atomic mass is 9.99. The zero-order valence-corrected chi connectivity index (χ0v) is 16.6. The monoisotopic (exact) mass is 388 g/mol. The van der Waals surface area contributed by atoms with Crippen LogP contribution in [0, 0.1) is 24.2 Å². The van der Waals surface area contributed by atoms with Gasteiger partial charge in [0.05, 0.1) is 5.92 Å². The lowest BCUT2D eigenvalue weighted by molar-refractivity contribution is -0.147. The van der Waals surface area contributed by atoms with E-state index in [-0.39, 0.29) is 34.3 Å². The topological polar surface area (TPSA) is 26.3 Å². The van der Waals surface area contributed by atoms with Crippen LogP contribution in [0.5, 0.6) is 0 Å². The smallest absolute Gasteiger partial charge is 0.310 e. The summed E-state index contributed by atoms with van der Waals surface area (Å²) >= 11 is 11.5. The van der Waals surface area contributed by atoms with Crippen LogP contribution in [0.3, 0.4) is 0 Å². The van der Waals surface area contributed by atoms with Gasteiger partial charge in [0, 0.05) is 0 Å². The molecule has 2 atom stereocenters. The Morgan fingerprint density at radius 2 is 1.88 bits per heavy atom. The minimum absolute atomic E-state index is 0.0262. The summed E-state index contributed by atoms with van der Waals surface area (Å²) in [4.78, 5) is 12.5. The van der Waals surface area contributed by atoms with E-state index in [9.17, 15) is 4.79 Å². The van der Waals surface area contributed by atoms with Gasteiger partial charge in [0.2, 0.25) is 0 Å². The van der Waals surface area contributed by atoms with E-state index < -0.39 is 0 Å². The van der Waals surface area contributed by atoms with Gasteiger partial charge in [-0.2, -0.15) is 0 Å². The van der Waals surface area contributed by atoms with Gasteiger partial charge >= 0.3 is 5.97 Å². The van der Waals surface area contributed by atoms with Crippen LogP contribution in [0.4, 0.5) is 0 Å². The fraction of sp³-hybridized carbons (Fsp3) is 0.318. The molecule has 3 rings (SSSR count). The third kappa shape index (κ3) is 3.97. The Hall–Kier alpha value is -1.77. The van der Waals surface area contributed by atoms with Crippen LogP contribution in [0.15, 0.2) is 59.1 Å². The maximum Gasteiger partial charge on any atom is 0.310 e. The minimum Gasteiger partial charge on any atom is -0.461 e. The Kier molecular flexibility index (Phi) is 5.45. The van der Waals surface area contributed by atoms with E-state index in [2.05, 4.69) is 31.2 Å². The molecule has 0 aliphatic heterocycles. The lowest BCUT2D eigenvalue weighted by Gasteiger charge is -2.09. The molecule has 4 heteroatoms. The van der Waals surface area contributed by atoms with E-state index in [1.54, 1.807) is 6.08 Å². The van der Waals surface area contributed by atoms with Gasteiger partial charge in [-0.25, -0.2) is 0 Å². The van der Waals surface area contributed by atoms with Crippen molar-refractivity contribution in [1.29, 1.82) is 0 Å². The average Bonchev–Trinajstić information content (AvgIpc) is 3.13. The van der Waals surface area contributed by atoms with Gasteiger partial charge in [0.15, 0.2) is 0 Å². The number of halogens is 2. The maximum atomic E-state index is 12.5. The van der Waals surface area contributed by atoms with Gasteiger partial charge < -0.3 is 4.74 Å². The number of ether oxygens (including phenoxy) is 1. The maximum absolute atomic E-state index is 12.5. The highest BCUT2D eigenvalue weighted by molar-refractivity contribution is 6.55. The molecule has 0 bridgehead atoms. The van der Waals surface area contributed by atoms with Crippen LogP contribution < -0.4 is 0 Å². The van der Waals surface area contributed by atoms with Crippen molar-refractivity contribution in [2.24, 2.45) is 17.3 Å². The molecule has 2 nitrogen and oxygen atoms in total. The number of benzene rings is 2. The first-order valence-corrected chi connectivity index (χ1v) is 9.40. The Morgan fingerprint density at radius 1 is 1.15 bits per heavy atom. The van der Waals surface area contributed by atoms with Crippen molar-refractivity contribution in [3.8, 4) is 11.1 Å². The SMILES string of the molecule is Cc1ccccc1-c1cccc(COC(=O)C2C(C=C(Cl)Cl)C2(C)C)c1. The van der Waals surface area contributed by atoms with Gasteiger partial charge in [-0.1, -0.05) is 79.5 Å². The Bertz CT molecular complexity index is 851. The Labute approximate surface area is 164 Å². The minimum atomic E-state index is -0.202. The van der Waals surface area contributed by atoms with Crippen LogP contribution in [-0.4, -0.2) is 5.97 Å². The normalized spacial score (nSPS) is 20.3. The van der Waals surface area contributed by atoms with E-state index in [1.165, 1.54) is 11.1 Å². The number of carbonyl (C=O) groups is 1. The largest absolute Gasteiger partial charge is 0.461 e. The quantitative estimate of drug-likeness (QED) is 0.561. The third-order valence-electron chi connectivity index (χ3n) is 5.23. The van der Waals surface area contributed by atoms with E-state index in [1.807, 2.05) is 38.1 Å². The van der Waals surface area contributed by atoms with Crippen molar-refractivity contribution in [2.45, 2.75) is 27.4 Å². The first kappa shape index (κ1) is 19.0. The van der Waals surface area contributed by atoms with Gasteiger partial charge in [-0.15, -0.1) is 0 Å². The van der Waals surface area contributed by atoms with Crippen molar-refractivity contribution in [3.05, 3.63) is 70.2 Å². The van der Waals surface area contributed by atoms with Gasteiger partial charge in [0.1, 0.15) is 11.1 Å². The second kappa shape index (κ2) is 7.46.